The van der Waals surface area contributed by atoms with E-state index in [1.807, 2.05) is 6.92 Å². The Morgan fingerprint density at radius 1 is 1.13 bits per heavy atom. The summed E-state index contributed by atoms with van der Waals surface area (Å²) in [6.45, 7) is 3.57. The van der Waals surface area contributed by atoms with Gasteiger partial charge in [0.15, 0.2) is 5.13 Å². The number of rotatable bonds is 2. The van der Waals surface area contributed by atoms with Crippen molar-refractivity contribution in [3.8, 4) is 0 Å². The van der Waals surface area contributed by atoms with Crippen LogP contribution in [0.5, 0.6) is 0 Å². The zero-order chi connectivity index (χ0) is 17.2. The van der Waals surface area contributed by atoms with Crippen LogP contribution < -0.4 is 10.6 Å². The average Bonchev–Trinajstić information content (AvgIpc) is 2.76. The normalized spacial score (nSPS) is 11.2. The summed E-state index contributed by atoms with van der Waals surface area (Å²) in [6.07, 6.45) is -4.53. The van der Waals surface area contributed by atoms with Gasteiger partial charge in [-0.05, 0) is 32.0 Å². The third-order valence-corrected chi connectivity index (χ3v) is 3.89. The summed E-state index contributed by atoms with van der Waals surface area (Å²) in [4.78, 5) is 28.4. The van der Waals surface area contributed by atoms with Gasteiger partial charge in [-0.2, -0.15) is 13.2 Å². The number of carbonyl (C=O) groups is 2. The predicted molar refractivity (Wildman–Crippen MR) is 80.3 cm³/mol. The van der Waals surface area contributed by atoms with Gasteiger partial charge in [0, 0.05) is 10.6 Å². The number of nitrogens with zero attached hydrogens (tertiary/aromatic N) is 1. The maximum Gasteiger partial charge on any atom is 0.416 e. The number of aryl methyl sites for hydroxylation is 2. The minimum atomic E-state index is -4.53. The molecule has 23 heavy (non-hydrogen) atoms. The minimum Gasteiger partial charge on any atom is -0.318 e. The number of carbonyl (C=O) groups excluding carboxylic acids is 2. The highest BCUT2D eigenvalue weighted by Gasteiger charge is 2.30. The first-order chi connectivity index (χ1) is 10.7. The van der Waals surface area contributed by atoms with Crippen LogP contribution in [-0.4, -0.2) is 16.8 Å². The number of hydrogen-bond acceptors (Lipinski definition) is 4. The van der Waals surface area contributed by atoms with Crippen molar-refractivity contribution in [2.45, 2.75) is 20.0 Å². The van der Waals surface area contributed by atoms with Crippen molar-refractivity contribution in [2.24, 2.45) is 0 Å². The van der Waals surface area contributed by atoms with E-state index >= 15 is 0 Å². The third kappa shape index (κ3) is 4.28. The molecule has 0 atom stereocenters. The standard InChI is InChI=1S/C14H12F3N3O2S/c1-7-8(2)23-13(18-7)20-12(22)11(21)19-10-5-3-4-9(6-10)14(15,16)17/h3-6H,1-2H3,(H,19,21)(H,18,20,22). The second-order valence-electron chi connectivity index (χ2n) is 4.65. The molecule has 2 amide bonds. The monoisotopic (exact) mass is 343 g/mol. The number of benzene rings is 1. The molecule has 0 saturated carbocycles. The van der Waals surface area contributed by atoms with Gasteiger partial charge in [-0.3, -0.25) is 14.9 Å². The molecule has 2 N–H and O–H groups in total. The lowest BCUT2D eigenvalue weighted by Gasteiger charge is -2.09. The summed E-state index contributed by atoms with van der Waals surface area (Å²) >= 11 is 1.20. The average molecular weight is 343 g/mol. The Labute approximate surface area is 133 Å². The van der Waals surface area contributed by atoms with Gasteiger partial charge in [-0.1, -0.05) is 6.07 Å². The Hall–Kier alpha value is -2.42. The Morgan fingerprint density at radius 2 is 1.78 bits per heavy atom. The van der Waals surface area contributed by atoms with E-state index in [1.165, 1.54) is 17.4 Å². The zero-order valence-electron chi connectivity index (χ0n) is 12.1. The lowest BCUT2D eigenvalue weighted by molar-refractivity contribution is -0.137. The van der Waals surface area contributed by atoms with E-state index in [1.54, 1.807) is 6.92 Å². The smallest absolute Gasteiger partial charge is 0.318 e. The number of thiazole rings is 1. The fourth-order valence-corrected chi connectivity index (χ4v) is 2.45. The molecule has 0 radical (unpaired) electrons. The van der Waals surface area contributed by atoms with E-state index in [2.05, 4.69) is 15.6 Å². The zero-order valence-corrected chi connectivity index (χ0v) is 12.9. The van der Waals surface area contributed by atoms with Crippen molar-refractivity contribution in [2.75, 3.05) is 10.6 Å². The Balaban J connectivity index is 2.05. The molecule has 1 heterocycles. The van der Waals surface area contributed by atoms with Gasteiger partial charge >= 0.3 is 18.0 Å². The van der Waals surface area contributed by atoms with E-state index < -0.39 is 23.6 Å². The second-order valence-corrected chi connectivity index (χ2v) is 5.85. The van der Waals surface area contributed by atoms with Crippen molar-refractivity contribution in [1.82, 2.24) is 4.98 Å². The van der Waals surface area contributed by atoms with Gasteiger partial charge in [0.2, 0.25) is 0 Å². The van der Waals surface area contributed by atoms with Gasteiger partial charge < -0.3 is 5.32 Å². The maximum atomic E-state index is 12.6. The summed E-state index contributed by atoms with van der Waals surface area (Å²) in [5.41, 5.74) is -0.308. The van der Waals surface area contributed by atoms with E-state index in [9.17, 15) is 22.8 Å². The van der Waals surface area contributed by atoms with Crippen molar-refractivity contribution in [3.05, 3.63) is 40.4 Å². The number of halogens is 3. The van der Waals surface area contributed by atoms with Crippen LogP contribution in [0.2, 0.25) is 0 Å². The third-order valence-electron chi connectivity index (χ3n) is 2.90. The molecule has 0 saturated heterocycles. The molecule has 0 bridgehead atoms. The fraction of sp³-hybridized carbons (Fsp3) is 0.214. The molecule has 122 valence electrons. The minimum absolute atomic E-state index is 0.119. The Kier molecular flexibility index (Phi) is 4.69. The molecule has 1 aromatic heterocycles. The number of aromatic nitrogens is 1. The lowest BCUT2D eigenvalue weighted by atomic mass is 10.2. The van der Waals surface area contributed by atoms with Gasteiger partial charge in [0.05, 0.1) is 11.3 Å². The number of hydrogen-bond donors (Lipinski definition) is 2. The Morgan fingerprint density at radius 3 is 2.35 bits per heavy atom. The van der Waals surface area contributed by atoms with Gasteiger partial charge in [-0.25, -0.2) is 4.98 Å². The van der Waals surface area contributed by atoms with Crippen LogP contribution in [-0.2, 0) is 15.8 Å². The second kappa shape index (κ2) is 6.37. The van der Waals surface area contributed by atoms with Crippen LogP contribution in [0.25, 0.3) is 0 Å². The highest BCUT2D eigenvalue weighted by Crippen LogP contribution is 2.30. The molecular formula is C14H12F3N3O2S. The number of nitrogens with one attached hydrogen (secondary N) is 2. The van der Waals surface area contributed by atoms with E-state index in [4.69, 9.17) is 0 Å². The number of anilines is 2. The van der Waals surface area contributed by atoms with Gasteiger partial charge in [0.1, 0.15) is 0 Å². The molecule has 0 aliphatic heterocycles. The number of alkyl halides is 3. The molecule has 1 aromatic carbocycles. The molecule has 5 nitrogen and oxygen atoms in total. The molecule has 2 rings (SSSR count). The van der Waals surface area contributed by atoms with E-state index in [0.29, 0.717) is 0 Å². The number of amides is 2. The summed E-state index contributed by atoms with van der Waals surface area (Å²) in [5, 5.41) is 4.68. The van der Waals surface area contributed by atoms with Crippen LogP contribution in [0.4, 0.5) is 24.0 Å². The Bertz CT molecular complexity index is 736. The predicted octanol–water partition coefficient (Wildman–Crippen LogP) is 3.36. The van der Waals surface area contributed by atoms with Crippen molar-refractivity contribution < 1.29 is 22.8 Å². The lowest BCUT2D eigenvalue weighted by Crippen LogP contribution is -2.29. The largest absolute Gasteiger partial charge is 0.416 e. The quantitative estimate of drug-likeness (QED) is 0.822. The topological polar surface area (TPSA) is 71.1 Å². The highest BCUT2D eigenvalue weighted by molar-refractivity contribution is 7.15. The first-order valence-corrected chi connectivity index (χ1v) is 7.22. The molecule has 0 aliphatic rings. The van der Waals surface area contributed by atoms with Gasteiger partial charge in [-0.15, -0.1) is 11.3 Å². The summed E-state index contributed by atoms with van der Waals surface area (Å²) < 4.78 is 37.8. The molecule has 0 aliphatic carbocycles. The van der Waals surface area contributed by atoms with Crippen molar-refractivity contribution in [1.29, 1.82) is 0 Å². The molecule has 2 aromatic rings. The SMILES string of the molecule is Cc1nc(NC(=O)C(=O)Nc2cccc(C(F)(F)F)c2)sc1C. The van der Waals surface area contributed by atoms with E-state index in [0.717, 1.165) is 28.8 Å². The van der Waals surface area contributed by atoms with Crippen LogP contribution in [0.3, 0.4) is 0 Å². The molecule has 0 unspecified atom stereocenters. The molecule has 0 fully saturated rings. The first kappa shape index (κ1) is 16.9. The summed E-state index contributed by atoms with van der Waals surface area (Å²) in [6, 6.07) is 4.03. The molecule has 0 spiro atoms. The maximum absolute atomic E-state index is 12.6. The van der Waals surface area contributed by atoms with Gasteiger partial charge in [0.25, 0.3) is 0 Å². The van der Waals surface area contributed by atoms with Crippen LogP contribution >= 0.6 is 11.3 Å². The molecule has 9 heteroatoms. The fourth-order valence-electron chi connectivity index (χ4n) is 1.64. The summed E-state index contributed by atoms with van der Waals surface area (Å²) in [5.74, 6) is -2.08. The first-order valence-electron chi connectivity index (χ1n) is 6.40. The van der Waals surface area contributed by atoms with Crippen LogP contribution in [0.1, 0.15) is 16.1 Å². The highest BCUT2D eigenvalue weighted by atomic mass is 32.1. The van der Waals surface area contributed by atoms with E-state index in [-0.39, 0.29) is 10.8 Å². The van der Waals surface area contributed by atoms with Crippen LogP contribution in [0, 0.1) is 13.8 Å². The van der Waals surface area contributed by atoms with Crippen molar-refractivity contribution in [3.63, 3.8) is 0 Å². The van der Waals surface area contributed by atoms with Crippen LogP contribution in [0.15, 0.2) is 24.3 Å². The summed E-state index contributed by atoms with van der Waals surface area (Å²) in [7, 11) is 0. The van der Waals surface area contributed by atoms with Crippen molar-refractivity contribution >= 4 is 34.0 Å². The molecular weight excluding hydrogens is 331 g/mol.